The normalized spacial score (nSPS) is 29.3. The number of imide groups is 2. The van der Waals surface area contributed by atoms with Gasteiger partial charge in [-0.3, -0.25) is 29.0 Å². The number of hydrogen-bond acceptors (Lipinski definition) is 8. The van der Waals surface area contributed by atoms with Gasteiger partial charge in [0.2, 0.25) is 11.8 Å². The molecule has 2 N–H and O–H groups in total. The first kappa shape index (κ1) is 32.5. The number of carbonyl (C=O) groups is 4. The molecule has 4 aliphatic rings. The average molecular weight is 755 g/mol. The van der Waals surface area contributed by atoms with Gasteiger partial charge in [0.25, 0.3) is 11.8 Å². The summed E-state index contributed by atoms with van der Waals surface area (Å²) in [5.74, 6) is -5.74. The number of rotatable bonds is 7. The van der Waals surface area contributed by atoms with Gasteiger partial charge >= 0.3 is 0 Å². The minimum atomic E-state index is -2.10. The van der Waals surface area contributed by atoms with Gasteiger partial charge in [0.15, 0.2) is 9.75 Å². The maximum absolute atomic E-state index is 14.4. The number of benzene rings is 3. The summed E-state index contributed by atoms with van der Waals surface area (Å²) in [6.07, 6.45) is 1.80. The van der Waals surface area contributed by atoms with Crippen molar-refractivity contribution in [2.24, 2.45) is 17.8 Å². The van der Waals surface area contributed by atoms with E-state index in [0.29, 0.717) is 11.3 Å². The number of amides is 4. The molecule has 2 aliphatic carbocycles. The van der Waals surface area contributed by atoms with E-state index in [9.17, 15) is 24.3 Å². The summed E-state index contributed by atoms with van der Waals surface area (Å²) in [4.78, 5) is 54.4. The highest BCUT2D eigenvalue weighted by molar-refractivity contribution is 9.09. The van der Waals surface area contributed by atoms with E-state index in [2.05, 4.69) is 21.2 Å². The number of likely N-dealkylation sites (tertiary alicyclic amines) is 1. The number of aromatic hydroxyl groups is 1. The van der Waals surface area contributed by atoms with Gasteiger partial charge in [-0.2, -0.15) is 0 Å². The van der Waals surface area contributed by atoms with Gasteiger partial charge < -0.3 is 19.9 Å². The molecule has 248 valence electrons. The summed E-state index contributed by atoms with van der Waals surface area (Å²) in [6.45, 7) is 0. The van der Waals surface area contributed by atoms with E-state index in [1.807, 2.05) is 30.3 Å². The van der Waals surface area contributed by atoms with Crippen LogP contribution in [0.4, 0.5) is 17.1 Å². The minimum absolute atomic E-state index is 0.125. The molecule has 0 spiro atoms. The minimum Gasteiger partial charge on any atom is -0.507 e. The van der Waals surface area contributed by atoms with Gasteiger partial charge in [0, 0.05) is 35.0 Å². The van der Waals surface area contributed by atoms with Crippen molar-refractivity contribution in [1.82, 2.24) is 4.90 Å². The standard InChI is InChI=1S/C35H30BrCl2N3O7/c1-47-21-14-25(42)28(26(15-21)48-2)29-22-12-13-23-27(24(22)16-34(37)32(45)40(17-36)33(46)35(29,34)38)31(44)41(30(23)43)20-10-8-19(9-11-20)39-18-6-4-3-5-7-18/h3-12,14-15,23-24,27,29,39,42H,13,16-17H2,1-2H3. The molecular weight excluding hydrogens is 725 g/mol. The summed E-state index contributed by atoms with van der Waals surface area (Å²) < 4.78 is 11.0. The van der Waals surface area contributed by atoms with E-state index in [1.165, 1.54) is 31.3 Å². The van der Waals surface area contributed by atoms with Crippen LogP contribution in [0, 0.1) is 17.8 Å². The van der Waals surface area contributed by atoms with Crippen molar-refractivity contribution in [3.05, 3.63) is 83.9 Å². The van der Waals surface area contributed by atoms with Crippen molar-refractivity contribution in [2.45, 2.75) is 28.5 Å². The van der Waals surface area contributed by atoms with Gasteiger partial charge in [-0.1, -0.05) is 45.8 Å². The first-order valence-corrected chi connectivity index (χ1v) is 17.1. The number of alkyl halides is 3. The first-order chi connectivity index (χ1) is 23.0. The fourth-order valence-electron chi connectivity index (χ4n) is 7.87. The quantitative estimate of drug-likeness (QED) is 0.129. The third kappa shape index (κ3) is 4.50. The van der Waals surface area contributed by atoms with Crippen LogP contribution < -0.4 is 19.7 Å². The van der Waals surface area contributed by atoms with Crippen molar-refractivity contribution < 1.29 is 33.8 Å². The Balaban J connectivity index is 1.31. The molecule has 6 unspecified atom stereocenters. The van der Waals surface area contributed by atoms with Crippen molar-refractivity contribution >= 4 is 79.8 Å². The highest BCUT2D eigenvalue weighted by Crippen LogP contribution is 2.67. The average Bonchev–Trinajstić information content (AvgIpc) is 3.43. The number of allylic oxidation sites excluding steroid dienone is 2. The lowest BCUT2D eigenvalue weighted by molar-refractivity contribution is -0.138. The molecule has 10 nitrogen and oxygen atoms in total. The van der Waals surface area contributed by atoms with Gasteiger partial charge in [0.1, 0.15) is 17.2 Å². The molecule has 3 aromatic rings. The van der Waals surface area contributed by atoms with Crippen LogP contribution in [0.1, 0.15) is 24.3 Å². The Morgan fingerprint density at radius 3 is 2.25 bits per heavy atom. The largest absolute Gasteiger partial charge is 0.507 e. The maximum Gasteiger partial charge on any atom is 0.254 e. The van der Waals surface area contributed by atoms with Crippen LogP contribution in [0.3, 0.4) is 0 Å². The maximum atomic E-state index is 14.4. The Morgan fingerprint density at radius 1 is 0.917 bits per heavy atom. The molecule has 1 saturated carbocycles. The highest BCUT2D eigenvalue weighted by Gasteiger charge is 2.76. The second-order valence-electron chi connectivity index (χ2n) is 12.3. The van der Waals surface area contributed by atoms with Gasteiger partial charge in [-0.15, -0.1) is 23.2 Å². The molecule has 13 heteroatoms. The number of anilines is 3. The Morgan fingerprint density at radius 2 is 1.60 bits per heavy atom. The summed E-state index contributed by atoms with van der Waals surface area (Å²) in [5, 5.41) is 14.7. The molecule has 2 heterocycles. The summed E-state index contributed by atoms with van der Waals surface area (Å²) in [7, 11) is 2.82. The van der Waals surface area contributed by atoms with Crippen LogP contribution in [0.15, 0.2) is 78.4 Å². The smallest absolute Gasteiger partial charge is 0.254 e. The lowest BCUT2D eigenvalue weighted by Gasteiger charge is -2.51. The van der Waals surface area contributed by atoms with E-state index >= 15 is 0 Å². The van der Waals surface area contributed by atoms with Crippen molar-refractivity contribution in [2.75, 3.05) is 29.9 Å². The highest BCUT2D eigenvalue weighted by atomic mass is 79.9. The first-order valence-electron chi connectivity index (χ1n) is 15.2. The topological polar surface area (TPSA) is 125 Å². The molecule has 3 fully saturated rings. The number of halogens is 3. The Labute approximate surface area is 294 Å². The molecule has 0 radical (unpaired) electrons. The molecule has 0 bridgehead atoms. The third-order valence-corrected chi connectivity index (χ3v) is 12.0. The molecule has 48 heavy (non-hydrogen) atoms. The number of methoxy groups -OCH3 is 2. The SMILES string of the molecule is COc1cc(O)c(C2C3=CCC4C(=O)N(c5ccc(Nc6ccccc6)cc5)C(=O)C4C3CC3(Cl)C(=O)N(CBr)C(=O)C23Cl)c(OC)c1. The number of phenols is 1. The molecule has 2 saturated heterocycles. The number of hydrogen-bond donors (Lipinski definition) is 2. The fraction of sp³-hybridized carbons (Fsp3) is 0.314. The van der Waals surface area contributed by atoms with Crippen LogP contribution in [0.5, 0.6) is 17.2 Å². The van der Waals surface area contributed by atoms with E-state index in [1.54, 1.807) is 30.3 Å². The number of fused-ring (bicyclic) bond motifs is 4. The zero-order chi connectivity index (χ0) is 34.1. The van der Waals surface area contributed by atoms with Crippen LogP contribution >= 0.6 is 39.1 Å². The summed E-state index contributed by atoms with van der Waals surface area (Å²) in [5.41, 5.74) is 2.56. The van der Waals surface area contributed by atoms with Crippen molar-refractivity contribution in [1.29, 1.82) is 0 Å². The molecular formula is C35H30BrCl2N3O7. The predicted molar refractivity (Wildman–Crippen MR) is 183 cm³/mol. The summed E-state index contributed by atoms with van der Waals surface area (Å²) in [6, 6.07) is 19.5. The second-order valence-corrected chi connectivity index (χ2v) is 14.0. The van der Waals surface area contributed by atoms with Crippen molar-refractivity contribution in [3.8, 4) is 17.2 Å². The molecule has 0 aromatic heterocycles. The molecule has 7 rings (SSSR count). The number of para-hydroxylation sites is 1. The van der Waals surface area contributed by atoms with Crippen LogP contribution in [0.25, 0.3) is 0 Å². The van der Waals surface area contributed by atoms with Crippen LogP contribution in [-0.4, -0.2) is 63.1 Å². The Kier molecular flexibility index (Phi) is 8.00. The zero-order valence-electron chi connectivity index (χ0n) is 25.8. The molecule has 6 atom stereocenters. The lowest BCUT2D eigenvalue weighted by atomic mass is 9.56. The van der Waals surface area contributed by atoms with Crippen LogP contribution in [0.2, 0.25) is 0 Å². The van der Waals surface area contributed by atoms with Crippen molar-refractivity contribution in [3.63, 3.8) is 0 Å². The third-order valence-electron chi connectivity index (χ3n) is 10.0. The van der Waals surface area contributed by atoms with Gasteiger partial charge in [-0.05, 0) is 55.2 Å². The monoisotopic (exact) mass is 753 g/mol. The number of nitrogens with one attached hydrogen (secondary N) is 1. The number of nitrogens with zero attached hydrogens (tertiary/aromatic N) is 2. The second kappa shape index (κ2) is 11.8. The van der Waals surface area contributed by atoms with Crippen LogP contribution in [-0.2, 0) is 19.2 Å². The van der Waals surface area contributed by atoms with E-state index in [0.717, 1.165) is 16.3 Å². The van der Waals surface area contributed by atoms with E-state index < -0.39 is 51.1 Å². The molecule has 4 amide bonds. The van der Waals surface area contributed by atoms with Gasteiger partial charge in [-0.25, -0.2) is 0 Å². The number of carbonyl (C=O) groups excluding carboxylic acids is 4. The zero-order valence-corrected chi connectivity index (χ0v) is 28.9. The molecule has 3 aromatic carbocycles. The Bertz CT molecular complexity index is 1890. The predicted octanol–water partition coefficient (Wildman–Crippen LogP) is 6.07. The molecule has 2 aliphatic heterocycles. The van der Waals surface area contributed by atoms with Gasteiger partial charge in [0.05, 0.1) is 37.2 Å². The lowest BCUT2D eigenvalue weighted by Crippen LogP contribution is -2.60. The number of ether oxygens (including phenoxy) is 2. The fourth-order valence-corrected chi connectivity index (χ4v) is 9.28. The van der Waals surface area contributed by atoms with E-state index in [-0.39, 0.29) is 47.0 Å². The van der Waals surface area contributed by atoms with E-state index in [4.69, 9.17) is 32.7 Å². The summed E-state index contributed by atoms with van der Waals surface area (Å²) >= 11 is 17.8. The number of phenolic OH excluding ortho intramolecular Hbond substituents is 1. The Hall–Kier alpha value is -4.06.